The van der Waals surface area contributed by atoms with Crippen molar-refractivity contribution in [2.45, 2.75) is 13.2 Å². The fourth-order valence-corrected chi connectivity index (χ4v) is 6.04. The Labute approximate surface area is 234 Å². The summed E-state index contributed by atoms with van der Waals surface area (Å²) in [5.41, 5.74) is 2.42. The van der Waals surface area contributed by atoms with Crippen LogP contribution in [0.25, 0.3) is 6.08 Å². The molecule has 0 bridgehead atoms. The summed E-state index contributed by atoms with van der Waals surface area (Å²) in [6.07, 6.45) is 3.41. The first kappa shape index (κ1) is 25.5. The van der Waals surface area contributed by atoms with Crippen molar-refractivity contribution in [2.75, 3.05) is 0 Å². The van der Waals surface area contributed by atoms with Crippen LogP contribution in [0.1, 0.15) is 16.9 Å². The third kappa shape index (κ3) is 6.23. The summed E-state index contributed by atoms with van der Waals surface area (Å²) in [6, 6.07) is 23.1. The Morgan fingerprint density at radius 2 is 1.73 bits per heavy atom. The molecule has 1 aliphatic rings. The van der Waals surface area contributed by atoms with E-state index in [-0.39, 0.29) is 24.9 Å². The van der Waals surface area contributed by atoms with Gasteiger partial charge in [0.25, 0.3) is 5.91 Å². The summed E-state index contributed by atoms with van der Waals surface area (Å²) in [5, 5.41) is 0.580. The van der Waals surface area contributed by atoms with Gasteiger partial charge in [0.1, 0.15) is 23.9 Å². The first-order valence-corrected chi connectivity index (χ1v) is 13.6. The molecule has 0 spiro atoms. The van der Waals surface area contributed by atoms with Gasteiger partial charge in [-0.15, -0.1) is 0 Å². The maximum Gasteiger partial charge on any atom is 0.267 e. The second kappa shape index (κ2) is 11.5. The third-order valence-corrected chi connectivity index (χ3v) is 7.56. The summed E-state index contributed by atoms with van der Waals surface area (Å²) in [5.74, 6) is 0.842. The van der Waals surface area contributed by atoms with Crippen molar-refractivity contribution in [3.8, 4) is 5.75 Å². The van der Waals surface area contributed by atoms with Crippen LogP contribution in [0.2, 0.25) is 0 Å². The summed E-state index contributed by atoms with van der Waals surface area (Å²) < 4.78 is 26.0. The van der Waals surface area contributed by atoms with Crippen LogP contribution in [0.5, 0.6) is 5.75 Å². The monoisotopic (exact) mass is 640 g/mol. The molecule has 0 radical (unpaired) electrons. The molecule has 0 atom stereocenters. The van der Waals surface area contributed by atoms with E-state index in [0.29, 0.717) is 21.6 Å². The van der Waals surface area contributed by atoms with Crippen molar-refractivity contribution in [1.29, 1.82) is 0 Å². The second-order valence-electron chi connectivity index (χ2n) is 8.04. The van der Waals surface area contributed by atoms with Crippen molar-refractivity contribution in [2.24, 2.45) is 4.99 Å². The zero-order valence-corrected chi connectivity index (χ0v) is 23.2. The molecule has 37 heavy (non-hydrogen) atoms. The molecule has 1 fully saturated rings. The van der Waals surface area contributed by atoms with E-state index in [4.69, 9.17) is 14.1 Å². The van der Waals surface area contributed by atoms with Crippen LogP contribution in [-0.4, -0.2) is 16.0 Å². The van der Waals surface area contributed by atoms with Gasteiger partial charge in [0.2, 0.25) is 0 Å². The largest absolute Gasteiger partial charge is 0.487 e. The molecule has 1 aliphatic heterocycles. The Balaban J connectivity index is 1.40. The highest BCUT2D eigenvalue weighted by Crippen LogP contribution is 2.39. The number of amides is 1. The van der Waals surface area contributed by atoms with Crippen LogP contribution >= 0.6 is 43.6 Å². The van der Waals surface area contributed by atoms with Crippen molar-refractivity contribution >= 4 is 66.5 Å². The zero-order valence-electron chi connectivity index (χ0n) is 19.2. The summed E-state index contributed by atoms with van der Waals surface area (Å²) in [6.45, 7) is 0.568. The molecule has 1 saturated heterocycles. The van der Waals surface area contributed by atoms with Gasteiger partial charge in [-0.1, -0.05) is 30.3 Å². The summed E-state index contributed by atoms with van der Waals surface area (Å²) in [4.78, 5) is 20.3. The number of hydrogen-bond acceptors (Lipinski definition) is 5. The number of rotatable bonds is 7. The minimum Gasteiger partial charge on any atom is -0.487 e. The Kier molecular flexibility index (Phi) is 7.93. The smallest absolute Gasteiger partial charge is 0.267 e. The van der Waals surface area contributed by atoms with Gasteiger partial charge >= 0.3 is 0 Å². The maximum absolute atomic E-state index is 13.4. The van der Waals surface area contributed by atoms with E-state index >= 15 is 0 Å². The number of hydrogen-bond donors (Lipinski definition) is 0. The molecule has 1 aromatic heterocycles. The topological polar surface area (TPSA) is 55.0 Å². The van der Waals surface area contributed by atoms with Gasteiger partial charge in [-0.05, 0) is 109 Å². The lowest BCUT2D eigenvalue weighted by Crippen LogP contribution is -2.28. The maximum atomic E-state index is 13.4. The number of benzene rings is 3. The Morgan fingerprint density at radius 1 is 1.00 bits per heavy atom. The van der Waals surface area contributed by atoms with E-state index in [9.17, 15) is 9.18 Å². The predicted molar refractivity (Wildman–Crippen MR) is 151 cm³/mol. The number of amidine groups is 1. The normalized spacial score (nSPS) is 15.6. The van der Waals surface area contributed by atoms with E-state index < -0.39 is 0 Å². The molecule has 2 heterocycles. The summed E-state index contributed by atoms with van der Waals surface area (Å²) >= 11 is 8.46. The molecule has 4 aromatic rings. The molecule has 0 unspecified atom stereocenters. The number of halogens is 3. The van der Waals surface area contributed by atoms with Gasteiger partial charge in [-0.25, -0.2) is 9.38 Å². The van der Waals surface area contributed by atoms with E-state index in [2.05, 4.69) is 31.9 Å². The molecule has 5 nitrogen and oxygen atoms in total. The number of carbonyl (C=O) groups is 1. The Hall–Kier alpha value is -3.14. The first-order chi connectivity index (χ1) is 18.0. The molecule has 0 saturated carbocycles. The average molecular weight is 642 g/mol. The quantitative estimate of drug-likeness (QED) is 0.190. The molecule has 3 aromatic carbocycles. The van der Waals surface area contributed by atoms with E-state index in [0.717, 1.165) is 25.8 Å². The molecule has 9 heteroatoms. The zero-order chi connectivity index (χ0) is 25.8. The van der Waals surface area contributed by atoms with E-state index in [1.54, 1.807) is 29.4 Å². The Morgan fingerprint density at radius 3 is 2.41 bits per heavy atom. The third-order valence-electron chi connectivity index (χ3n) is 5.38. The standard InChI is InChI=1S/C28H19Br2FN2O3S/c29-23-13-19(14-24(30)26(23)36-17-18-8-10-20(31)11-9-18)15-25-27(34)33(16-22-7-4-12-35-22)28(37-25)32-21-5-2-1-3-6-21/h1-15H,16-17H2. The summed E-state index contributed by atoms with van der Waals surface area (Å²) in [7, 11) is 0. The van der Waals surface area contributed by atoms with Crippen molar-refractivity contribution in [3.63, 3.8) is 0 Å². The van der Waals surface area contributed by atoms with Crippen LogP contribution in [0, 0.1) is 5.82 Å². The highest BCUT2D eigenvalue weighted by Gasteiger charge is 2.34. The van der Waals surface area contributed by atoms with E-state index in [1.165, 1.54) is 23.9 Å². The minimum absolute atomic E-state index is 0.153. The SMILES string of the molecule is O=C1C(=Cc2cc(Br)c(OCc3ccc(F)cc3)c(Br)c2)SC(=Nc2ccccc2)N1Cc1ccco1. The van der Waals surface area contributed by atoms with E-state index in [1.807, 2.05) is 54.6 Å². The Bertz CT molecular complexity index is 1450. The van der Waals surface area contributed by atoms with Gasteiger partial charge in [0, 0.05) is 0 Å². The first-order valence-electron chi connectivity index (χ1n) is 11.2. The van der Waals surface area contributed by atoms with Crippen LogP contribution in [0.4, 0.5) is 10.1 Å². The highest BCUT2D eigenvalue weighted by atomic mass is 79.9. The van der Waals surface area contributed by atoms with Crippen LogP contribution in [-0.2, 0) is 17.9 Å². The molecule has 0 N–H and O–H groups in total. The van der Waals surface area contributed by atoms with Gasteiger partial charge in [-0.2, -0.15) is 0 Å². The number of aliphatic imine (C=N–C) groups is 1. The fraction of sp³-hybridized carbons (Fsp3) is 0.0714. The molecule has 5 rings (SSSR count). The van der Waals surface area contributed by atoms with Crippen molar-refractivity contribution in [1.82, 2.24) is 4.90 Å². The second-order valence-corrected chi connectivity index (χ2v) is 10.8. The number of ether oxygens (including phenoxy) is 1. The average Bonchev–Trinajstić information content (AvgIpc) is 3.50. The molecule has 1 amide bonds. The predicted octanol–water partition coefficient (Wildman–Crippen LogP) is 8.33. The lowest BCUT2D eigenvalue weighted by Gasteiger charge is -2.13. The van der Waals surface area contributed by atoms with Gasteiger partial charge < -0.3 is 9.15 Å². The molecule has 0 aliphatic carbocycles. The van der Waals surface area contributed by atoms with Gasteiger partial charge in [0.15, 0.2) is 5.17 Å². The number of para-hydroxylation sites is 1. The molecule has 186 valence electrons. The van der Waals surface area contributed by atoms with Crippen molar-refractivity contribution < 1.29 is 18.3 Å². The molecular weight excluding hydrogens is 623 g/mol. The van der Waals surface area contributed by atoms with Crippen LogP contribution < -0.4 is 4.74 Å². The van der Waals surface area contributed by atoms with Crippen LogP contribution in [0.15, 0.2) is 108 Å². The van der Waals surface area contributed by atoms with Crippen LogP contribution in [0.3, 0.4) is 0 Å². The van der Waals surface area contributed by atoms with Crippen molar-refractivity contribution in [3.05, 3.63) is 122 Å². The van der Waals surface area contributed by atoms with Gasteiger partial charge in [0.05, 0.1) is 32.3 Å². The number of nitrogens with zero attached hydrogens (tertiary/aromatic N) is 2. The lowest BCUT2D eigenvalue weighted by molar-refractivity contribution is -0.122. The number of carbonyl (C=O) groups excluding carboxylic acids is 1. The minimum atomic E-state index is -0.289. The molecular formula is C28H19Br2FN2O3S. The lowest BCUT2D eigenvalue weighted by atomic mass is 10.2. The van der Waals surface area contributed by atoms with Gasteiger partial charge in [-0.3, -0.25) is 9.69 Å². The highest BCUT2D eigenvalue weighted by molar-refractivity contribution is 9.11. The number of thioether (sulfide) groups is 1. The number of furan rings is 1. The fourth-order valence-electron chi connectivity index (χ4n) is 3.59.